The van der Waals surface area contributed by atoms with Gasteiger partial charge in [0.25, 0.3) is 5.91 Å². The molecule has 0 aliphatic heterocycles. The van der Waals surface area contributed by atoms with Gasteiger partial charge < -0.3 is 14.6 Å². The maximum Gasteiger partial charge on any atom is 0.315 e. The van der Waals surface area contributed by atoms with E-state index in [9.17, 15) is 20.0 Å². The van der Waals surface area contributed by atoms with Crippen molar-refractivity contribution >= 4 is 17.8 Å². The first-order valence-electron chi connectivity index (χ1n) is 8.90. The molecule has 0 saturated carbocycles. The minimum Gasteiger partial charge on any atom is -0.500 e. The maximum absolute atomic E-state index is 12.0. The van der Waals surface area contributed by atoms with Crippen LogP contribution in [0.2, 0.25) is 0 Å². The largest absolute Gasteiger partial charge is 0.500 e. The molecular formula is C20H23N3O6. The molecule has 0 saturated heterocycles. The minimum atomic E-state index is -0.728. The smallest absolute Gasteiger partial charge is 0.315 e. The Morgan fingerprint density at radius 3 is 2.59 bits per heavy atom. The van der Waals surface area contributed by atoms with E-state index in [0.29, 0.717) is 5.75 Å². The molecule has 0 aromatic heterocycles. The first-order valence-corrected chi connectivity index (χ1v) is 8.90. The molecule has 9 heteroatoms. The number of hydrazone groups is 1. The highest BCUT2D eigenvalue weighted by atomic mass is 16.6. The van der Waals surface area contributed by atoms with Crippen molar-refractivity contribution in [3.8, 4) is 17.2 Å². The van der Waals surface area contributed by atoms with Crippen molar-refractivity contribution < 1.29 is 24.3 Å². The van der Waals surface area contributed by atoms with Gasteiger partial charge in [-0.05, 0) is 50.5 Å². The summed E-state index contributed by atoms with van der Waals surface area (Å²) in [6.45, 7) is 7.44. The summed E-state index contributed by atoms with van der Waals surface area (Å²) in [6.07, 6.45) is 1.22. The van der Waals surface area contributed by atoms with Gasteiger partial charge in [0.05, 0.1) is 17.7 Å². The quantitative estimate of drug-likeness (QED) is 0.398. The van der Waals surface area contributed by atoms with Gasteiger partial charge in [-0.25, -0.2) is 5.43 Å². The van der Waals surface area contributed by atoms with Gasteiger partial charge in [-0.2, -0.15) is 5.10 Å². The number of benzene rings is 2. The van der Waals surface area contributed by atoms with Crippen LogP contribution in [0, 0.1) is 30.9 Å². The lowest BCUT2D eigenvalue weighted by Gasteiger charge is -2.13. The number of ether oxygens (including phenoxy) is 2. The third-order valence-electron chi connectivity index (χ3n) is 4.20. The Labute approximate surface area is 168 Å². The summed E-state index contributed by atoms with van der Waals surface area (Å²) >= 11 is 0. The lowest BCUT2D eigenvalue weighted by atomic mass is 10.1. The molecule has 0 fully saturated rings. The number of nitrogens with zero attached hydrogens (tertiary/aromatic N) is 2. The van der Waals surface area contributed by atoms with E-state index in [0.717, 1.165) is 22.8 Å². The zero-order chi connectivity index (χ0) is 21.6. The summed E-state index contributed by atoms with van der Waals surface area (Å²) in [6, 6.07) is 6.41. The second kappa shape index (κ2) is 9.54. The highest BCUT2D eigenvalue weighted by molar-refractivity contribution is 5.85. The molecule has 2 N–H and O–H groups in total. The molecular weight excluding hydrogens is 378 g/mol. The highest BCUT2D eigenvalue weighted by Gasteiger charge is 2.19. The third-order valence-corrected chi connectivity index (χ3v) is 4.20. The summed E-state index contributed by atoms with van der Waals surface area (Å²) in [5.41, 5.74) is 5.01. The molecule has 0 heterocycles. The highest BCUT2D eigenvalue weighted by Crippen LogP contribution is 2.36. The molecule has 0 spiro atoms. The average Bonchev–Trinajstić information content (AvgIpc) is 2.67. The van der Waals surface area contributed by atoms with Gasteiger partial charge >= 0.3 is 5.69 Å². The zero-order valence-corrected chi connectivity index (χ0v) is 16.7. The fourth-order valence-corrected chi connectivity index (χ4v) is 2.59. The molecule has 0 aliphatic carbocycles. The van der Waals surface area contributed by atoms with E-state index >= 15 is 0 Å². The third kappa shape index (κ3) is 5.44. The Hall–Kier alpha value is -3.62. The molecule has 1 amide bonds. The van der Waals surface area contributed by atoms with Gasteiger partial charge in [-0.15, -0.1) is 0 Å². The van der Waals surface area contributed by atoms with E-state index in [1.54, 1.807) is 6.92 Å². The Kier molecular flexibility index (Phi) is 7.13. The fourth-order valence-electron chi connectivity index (χ4n) is 2.59. The van der Waals surface area contributed by atoms with Crippen LogP contribution in [0.5, 0.6) is 17.2 Å². The zero-order valence-electron chi connectivity index (χ0n) is 16.7. The minimum absolute atomic E-state index is 0.0387. The number of phenols is 1. The number of hydrogen-bond acceptors (Lipinski definition) is 7. The van der Waals surface area contributed by atoms with Crippen LogP contribution in [0.15, 0.2) is 29.4 Å². The van der Waals surface area contributed by atoms with Gasteiger partial charge in [0.2, 0.25) is 5.75 Å². The van der Waals surface area contributed by atoms with Crippen molar-refractivity contribution in [2.24, 2.45) is 5.10 Å². The predicted octanol–water partition coefficient (Wildman–Crippen LogP) is 3.15. The number of aromatic hydroxyl groups is 1. The van der Waals surface area contributed by atoms with Gasteiger partial charge in [0, 0.05) is 11.6 Å². The number of hydrogen-bond donors (Lipinski definition) is 2. The Balaban J connectivity index is 2.05. The number of rotatable bonds is 8. The van der Waals surface area contributed by atoms with Crippen LogP contribution in [-0.2, 0) is 4.79 Å². The van der Waals surface area contributed by atoms with Crippen molar-refractivity contribution in [2.45, 2.75) is 27.7 Å². The normalized spacial score (nSPS) is 10.8. The number of nitro benzene ring substituents is 1. The number of amides is 1. The van der Waals surface area contributed by atoms with Crippen LogP contribution in [0.1, 0.15) is 29.2 Å². The van der Waals surface area contributed by atoms with Crippen LogP contribution in [0.4, 0.5) is 5.69 Å². The van der Waals surface area contributed by atoms with E-state index in [-0.39, 0.29) is 24.5 Å². The van der Waals surface area contributed by atoms with E-state index in [1.165, 1.54) is 12.3 Å². The number of carbonyl (C=O) groups excluding carboxylic acids is 1. The first kappa shape index (κ1) is 21.7. The van der Waals surface area contributed by atoms with Gasteiger partial charge in [-0.1, -0.05) is 12.1 Å². The van der Waals surface area contributed by atoms with E-state index in [1.807, 2.05) is 32.9 Å². The molecule has 9 nitrogen and oxygen atoms in total. The van der Waals surface area contributed by atoms with Crippen molar-refractivity contribution in [1.29, 1.82) is 0 Å². The van der Waals surface area contributed by atoms with Crippen LogP contribution in [-0.4, -0.2) is 35.4 Å². The lowest BCUT2D eigenvalue weighted by Crippen LogP contribution is -2.25. The molecule has 0 atom stereocenters. The molecule has 2 rings (SSSR count). The topological polar surface area (TPSA) is 123 Å². The Morgan fingerprint density at radius 2 is 1.93 bits per heavy atom. The lowest BCUT2D eigenvalue weighted by molar-refractivity contribution is -0.386. The average molecular weight is 401 g/mol. The van der Waals surface area contributed by atoms with Crippen LogP contribution < -0.4 is 14.9 Å². The molecule has 154 valence electrons. The first-order chi connectivity index (χ1) is 13.7. The molecule has 2 aromatic rings. The second-order valence-electron chi connectivity index (χ2n) is 6.31. The molecule has 0 bridgehead atoms. The summed E-state index contributed by atoms with van der Waals surface area (Å²) in [7, 11) is 0. The van der Waals surface area contributed by atoms with Crippen LogP contribution in [0.3, 0.4) is 0 Å². The summed E-state index contributed by atoms with van der Waals surface area (Å²) < 4.78 is 10.8. The van der Waals surface area contributed by atoms with Gasteiger partial charge in [-0.3, -0.25) is 14.9 Å². The fraction of sp³-hybridized carbons (Fsp3) is 0.300. The number of nitrogens with one attached hydrogen (secondary N) is 1. The number of phenolic OH excluding ortho intramolecular Hbond substituents is 1. The Morgan fingerprint density at radius 1 is 1.24 bits per heavy atom. The molecule has 2 aromatic carbocycles. The van der Waals surface area contributed by atoms with E-state index in [2.05, 4.69) is 10.5 Å². The van der Waals surface area contributed by atoms with Crippen molar-refractivity contribution in [3.05, 3.63) is 56.6 Å². The summed E-state index contributed by atoms with van der Waals surface area (Å²) in [5, 5.41) is 24.7. The predicted molar refractivity (Wildman–Crippen MR) is 108 cm³/mol. The van der Waals surface area contributed by atoms with Gasteiger partial charge in [0.15, 0.2) is 12.4 Å². The standard InChI is InChI=1S/C20H23N3O6/c1-5-28-17-9-15(8-16(19(17)25)23(26)27)10-21-22-18(24)11-29-20-13(3)7-6-12(2)14(20)4/h6-10,25H,5,11H2,1-4H3,(H,22,24)/b21-10-. The van der Waals surface area contributed by atoms with E-state index < -0.39 is 22.3 Å². The van der Waals surface area contributed by atoms with Crippen molar-refractivity contribution in [2.75, 3.05) is 13.2 Å². The van der Waals surface area contributed by atoms with Crippen molar-refractivity contribution in [3.63, 3.8) is 0 Å². The SMILES string of the molecule is CCOc1cc(/C=N\NC(=O)COc2c(C)ccc(C)c2C)cc([N+](=O)[O-])c1O. The molecule has 29 heavy (non-hydrogen) atoms. The number of nitro groups is 1. The number of carbonyl (C=O) groups is 1. The number of aryl methyl sites for hydroxylation is 2. The van der Waals surface area contributed by atoms with Crippen LogP contribution >= 0.6 is 0 Å². The summed E-state index contributed by atoms with van der Waals surface area (Å²) in [4.78, 5) is 22.3. The summed E-state index contributed by atoms with van der Waals surface area (Å²) in [5.74, 6) is -0.432. The van der Waals surface area contributed by atoms with E-state index in [4.69, 9.17) is 9.47 Å². The molecule has 0 radical (unpaired) electrons. The molecule has 0 aliphatic rings. The Bertz CT molecular complexity index is 956. The van der Waals surface area contributed by atoms with Crippen LogP contribution in [0.25, 0.3) is 0 Å². The molecule has 0 unspecified atom stereocenters. The monoisotopic (exact) mass is 401 g/mol. The van der Waals surface area contributed by atoms with Crippen molar-refractivity contribution in [1.82, 2.24) is 5.43 Å². The van der Waals surface area contributed by atoms with Gasteiger partial charge in [0.1, 0.15) is 5.75 Å². The maximum atomic E-state index is 12.0. The second-order valence-corrected chi connectivity index (χ2v) is 6.31.